The van der Waals surface area contributed by atoms with Crippen LogP contribution in [0.1, 0.15) is 17.5 Å². The Bertz CT molecular complexity index is 275. The first-order chi connectivity index (χ1) is 5.70. The van der Waals surface area contributed by atoms with Crippen molar-refractivity contribution < 1.29 is 9.21 Å². The van der Waals surface area contributed by atoms with Crippen LogP contribution in [0.2, 0.25) is 0 Å². The molecule has 1 aromatic rings. The van der Waals surface area contributed by atoms with Crippen LogP contribution in [0.15, 0.2) is 35.0 Å². The van der Waals surface area contributed by atoms with Crippen molar-refractivity contribution in [2.75, 3.05) is 6.54 Å². The van der Waals surface area contributed by atoms with Crippen molar-refractivity contribution >= 4 is 5.91 Å². The first-order valence-electron chi connectivity index (χ1n) is 3.66. The second-order valence-corrected chi connectivity index (χ2v) is 2.62. The highest BCUT2D eigenvalue weighted by Crippen LogP contribution is 1.98. The molecular formula is C9H11NO2. The SMILES string of the molecule is C=C(C)CNC(=O)c1ccco1. The van der Waals surface area contributed by atoms with Gasteiger partial charge in [-0.25, -0.2) is 0 Å². The van der Waals surface area contributed by atoms with Crippen LogP contribution in [0.25, 0.3) is 0 Å². The van der Waals surface area contributed by atoms with E-state index in [-0.39, 0.29) is 5.91 Å². The van der Waals surface area contributed by atoms with Gasteiger partial charge >= 0.3 is 0 Å². The van der Waals surface area contributed by atoms with Gasteiger partial charge in [-0.3, -0.25) is 4.79 Å². The summed E-state index contributed by atoms with van der Waals surface area (Å²) in [7, 11) is 0. The van der Waals surface area contributed by atoms with E-state index in [1.807, 2.05) is 6.92 Å². The smallest absolute Gasteiger partial charge is 0.287 e. The summed E-state index contributed by atoms with van der Waals surface area (Å²) in [6.07, 6.45) is 1.47. The van der Waals surface area contributed by atoms with E-state index < -0.39 is 0 Å². The fourth-order valence-corrected chi connectivity index (χ4v) is 0.726. The lowest BCUT2D eigenvalue weighted by atomic mass is 10.3. The van der Waals surface area contributed by atoms with E-state index in [4.69, 9.17) is 4.42 Å². The van der Waals surface area contributed by atoms with Crippen molar-refractivity contribution in [1.29, 1.82) is 0 Å². The van der Waals surface area contributed by atoms with Crippen molar-refractivity contribution in [3.63, 3.8) is 0 Å². The van der Waals surface area contributed by atoms with Crippen LogP contribution in [-0.4, -0.2) is 12.5 Å². The molecule has 3 nitrogen and oxygen atoms in total. The van der Waals surface area contributed by atoms with Crippen molar-refractivity contribution in [3.05, 3.63) is 36.3 Å². The third-order valence-electron chi connectivity index (χ3n) is 1.30. The van der Waals surface area contributed by atoms with E-state index >= 15 is 0 Å². The molecule has 1 rings (SSSR count). The Hall–Kier alpha value is -1.51. The summed E-state index contributed by atoms with van der Waals surface area (Å²) in [5.41, 5.74) is 0.912. The molecule has 0 aliphatic carbocycles. The minimum Gasteiger partial charge on any atom is -0.459 e. The van der Waals surface area contributed by atoms with Crippen LogP contribution in [0.5, 0.6) is 0 Å². The molecule has 3 heteroatoms. The molecule has 64 valence electrons. The van der Waals surface area contributed by atoms with Crippen molar-refractivity contribution in [2.24, 2.45) is 0 Å². The molecule has 1 N–H and O–H groups in total. The fourth-order valence-electron chi connectivity index (χ4n) is 0.726. The maximum Gasteiger partial charge on any atom is 0.287 e. The maximum absolute atomic E-state index is 11.2. The highest BCUT2D eigenvalue weighted by molar-refractivity contribution is 5.91. The molecule has 1 amide bonds. The average Bonchev–Trinajstić information content (AvgIpc) is 2.51. The van der Waals surface area contributed by atoms with Crippen molar-refractivity contribution in [3.8, 4) is 0 Å². The molecule has 0 aliphatic heterocycles. The summed E-state index contributed by atoms with van der Waals surface area (Å²) in [5, 5.41) is 2.65. The van der Waals surface area contributed by atoms with Gasteiger partial charge in [0.2, 0.25) is 0 Å². The average molecular weight is 165 g/mol. The molecule has 1 aromatic heterocycles. The lowest BCUT2D eigenvalue weighted by Gasteiger charge is -2.00. The van der Waals surface area contributed by atoms with Gasteiger partial charge in [0.1, 0.15) is 0 Å². The van der Waals surface area contributed by atoms with Crippen molar-refractivity contribution in [1.82, 2.24) is 5.32 Å². The summed E-state index contributed by atoms with van der Waals surface area (Å²) in [6, 6.07) is 3.30. The van der Waals surface area contributed by atoms with Gasteiger partial charge < -0.3 is 9.73 Å². The second-order valence-electron chi connectivity index (χ2n) is 2.62. The van der Waals surface area contributed by atoms with Crippen LogP contribution >= 0.6 is 0 Å². The molecule has 0 saturated heterocycles. The quantitative estimate of drug-likeness (QED) is 0.691. The van der Waals surface area contributed by atoms with Gasteiger partial charge in [0, 0.05) is 6.54 Å². The first-order valence-corrected chi connectivity index (χ1v) is 3.66. The molecule has 0 aromatic carbocycles. The molecule has 0 fully saturated rings. The number of furan rings is 1. The molecule has 0 radical (unpaired) electrons. The van der Waals surface area contributed by atoms with Gasteiger partial charge in [-0.2, -0.15) is 0 Å². The fraction of sp³-hybridized carbons (Fsp3) is 0.222. The van der Waals surface area contributed by atoms with Gasteiger partial charge in [0.05, 0.1) is 6.26 Å². The van der Waals surface area contributed by atoms with Crippen LogP contribution in [0.3, 0.4) is 0 Å². The zero-order chi connectivity index (χ0) is 8.97. The van der Waals surface area contributed by atoms with Gasteiger partial charge in [-0.05, 0) is 19.1 Å². The summed E-state index contributed by atoms with van der Waals surface area (Å²) in [5.74, 6) is 0.124. The number of amides is 1. The summed E-state index contributed by atoms with van der Waals surface area (Å²) in [6.45, 7) is 6.00. The third-order valence-corrected chi connectivity index (χ3v) is 1.30. The monoisotopic (exact) mass is 165 g/mol. The largest absolute Gasteiger partial charge is 0.459 e. The van der Waals surface area contributed by atoms with Crippen LogP contribution in [0.4, 0.5) is 0 Å². The Balaban J connectivity index is 2.45. The predicted octanol–water partition coefficient (Wildman–Crippen LogP) is 1.59. The van der Waals surface area contributed by atoms with Crippen LogP contribution in [0, 0.1) is 0 Å². The number of hydrogen-bond acceptors (Lipinski definition) is 2. The number of nitrogens with one attached hydrogen (secondary N) is 1. The Kier molecular flexibility index (Phi) is 2.69. The Morgan fingerprint density at radius 1 is 1.75 bits per heavy atom. The third kappa shape index (κ3) is 2.27. The predicted molar refractivity (Wildman–Crippen MR) is 45.9 cm³/mol. The van der Waals surface area contributed by atoms with E-state index in [9.17, 15) is 4.79 Å². The Morgan fingerprint density at radius 3 is 3.00 bits per heavy atom. The minimum absolute atomic E-state index is 0.206. The first kappa shape index (κ1) is 8.59. The lowest BCUT2D eigenvalue weighted by molar-refractivity contribution is 0.0929. The van der Waals surface area contributed by atoms with E-state index in [2.05, 4.69) is 11.9 Å². The molecule has 0 atom stereocenters. The van der Waals surface area contributed by atoms with Gasteiger partial charge in [0.25, 0.3) is 5.91 Å². The van der Waals surface area contributed by atoms with E-state index in [0.29, 0.717) is 12.3 Å². The van der Waals surface area contributed by atoms with Gasteiger partial charge in [-0.15, -0.1) is 0 Å². The molecule has 0 spiro atoms. The number of carbonyl (C=O) groups is 1. The van der Waals surface area contributed by atoms with Gasteiger partial charge in [0.15, 0.2) is 5.76 Å². The Labute approximate surface area is 71.1 Å². The van der Waals surface area contributed by atoms with E-state index in [1.165, 1.54) is 6.26 Å². The number of carbonyl (C=O) groups excluding carboxylic acids is 1. The summed E-state index contributed by atoms with van der Waals surface area (Å²) < 4.78 is 4.89. The molecule has 0 bridgehead atoms. The topological polar surface area (TPSA) is 42.2 Å². The zero-order valence-electron chi connectivity index (χ0n) is 6.96. The summed E-state index contributed by atoms with van der Waals surface area (Å²) in [4.78, 5) is 11.2. The van der Waals surface area contributed by atoms with Crippen molar-refractivity contribution in [2.45, 2.75) is 6.92 Å². The minimum atomic E-state index is -0.206. The van der Waals surface area contributed by atoms with Crippen LogP contribution < -0.4 is 5.32 Å². The molecular weight excluding hydrogens is 154 g/mol. The molecule has 1 heterocycles. The highest BCUT2D eigenvalue weighted by atomic mass is 16.3. The molecule has 0 aliphatic rings. The van der Waals surface area contributed by atoms with Gasteiger partial charge in [-0.1, -0.05) is 12.2 Å². The molecule has 0 saturated carbocycles. The highest BCUT2D eigenvalue weighted by Gasteiger charge is 2.05. The zero-order valence-corrected chi connectivity index (χ0v) is 6.96. The lowest BCUT2D eigenvalue weighted by Crippen LogP contribution is -2.24. The normalized spacial score (nSPS) is 9.42. The number of rotatable bonds is 3. The molecule has 0 unspecified atom stereocenters. The number of hydrogen-bond donors (Lipinski definition) is 1. The second kappa shape index (κ2) is 3.76. The summed E-state index contributed by atoms with van der Waals surface area (Å²) >= 11 is 0. The van der Waals surface area contributed by atoms with Crippen LogP contribution in [-0.2, 0) is 0 Å². The Morgan fingerprint density at radius 2 is 2.50 bits per heavy atom. The van der Waals surface area contributed by atoms with E-state index in [0.717, 1.165) is 5.57 Å². The van der Waals surface area contributed by atoms with E-state index in [1.54, 1.807) is 12.1 Å². The molecule has 12 heavy (non-hydrogen) atoms. The maximum atomic E-state index is 11.2. The standard InChI is InChI=1S/C9H11NO2/c1-7(2)6-10-9(11)8-4-3-5-12-8/h3-5H,1,6H2,2H3,(H,10,11).